The Kier molecular flexibility index (Phi) is 3.63. The van der Waals surface area contributed by atoms with E-state index in [0.717, 1.165) is 0 Å². The second-order valence-electron chi connectivity index (χ2n) is 3.28. The highest BCUT2D eigenvalue weighted by Crippen LogP contribution is 2.30. The molecule has 0 amide bonds. The van der Waals surface area contributed by atoms with E-state index in [2.05, 4.69) is 0 Å². The Balaban J connectivity index is 3.01. The fourth-order valence-electron chi connectivity index (χ4n) is 1.29. The molecular formula is C11H14F2O2. The maximum absolute atomic E-state index is 13.1. The fraction of sp³-hybridized carbons (Fsp3) is 0.455. The Labute approximate surface area is 87.5 Å². The smallest absolute Gasteiger partial charge is 0.295 e. The highest BCUT2D eigenvalue weighted by molar-refractivity contribution is 5.37. The SMILES string of the molecule is CCOc1ccc(C(F)(F)CO)cc1C. The molecule has 0 bridgehead atoms. The molecule has 4 heteroatoms. The summed E-state index contributed by atoms with van der Waals surface area (Å²) in [6, 6.07) is 4.10. The van der Waals surface area contributed by atoms with E-state index in [1.165, 1.54) is 18.2 Å². The quantitative estimate of drug-likeness (QED) is 0.837. The number of aliphatic hydroxyl groups excluding tert-OH is 1. The van der Waals surface area contributed by atoms with Crippen LogP contribution >= 0.6 is 0 Å². The largest absolute Gasteiger partial charge is 0.494 e. The summed E-state index contributed by atoms with van der Waals surface area (Å²) in [5.41, 5.74) is 0.452. The Bertz CT molecular complexity index is 337. The first-order chi connectivity index (χ1) is 7.01. The number of ether oxygens (including phenoxy) is 1. The van der Waals surface area contributed by atoms with Crippen LogP contribution in [0.2, 0.25) is 0 Å². The number of aryl methyl sites for hydroxylation is 1. The number of hydrogen-bond acceptors (Lipinski definition) is 2. The van der Waals surface area contributed by atoms with Gasteiger partial charge in [-0.25, -0.2) is 0 Å². The standard InChI is InChI=1S/C11H14F2O2/c1-3-15-10-5-4-9(6-8(10)2)11(12,13)7-14/h4-6,14H,3,7H2,1-2H3. The molecule has 0 aliphatic carbocycles. The minimum Gasteiger partial charge on any atom is -0.494 e. The zero-order chi connectivity index (χ0) is 11.5. The molecule has 0 spiro atoms. The van der Waals surface area contributed by atoms with Crippen molar-refractivity contribution in [3.8, 4) is 5.75 Å². The van der Waals surface area contributed by atoms with Crippen molar-refractivity contribution in [1.29, 1.82) is 0 Å². The van der Waals surface area contributed by atoms with Gasteiger partial charge in [-0.1, -0.05) is 0 Å². The second kappa shape index (κ2) is 4.57. The van der Waals surface area contributed by atoms with E-state index in [4.69, 9.17) is 9.84 Å². The van der Waals surface area contributed by atoms with E-state index in [1.54, 1.807) is 6.92 Å². The van der Waals surface area contributed by atoms with Gasteiger partial charge < -0.3 is 9.84 Å². The highest BCUT2D eigenvalue weighted by atomic mass is 19.3. The third kappa shape index (κ3) is 2.65. The van der Waals surface area contributed by atoms with Crippen LogP contribution in [0.15, 0.2) is 18.2 Å². The third-order valence-electron chi connectivity index (χ3n) is 2.10. The average Bonchev–Trinajstić information content (AvgIpc) is 2.21. The molecule has 0 saturated heterocycles. The summed E-state index contributed by atoms with van der Waals surface area (Å²) in [5.74, 6) is -2.59. The van der Waals surface area contributed by atoms with E-state index >= 15 is 0 Å². The van der Waals surface area contributed by atoms with Crippen molar-refractivity contribution in [3.05, 3.63) is 29.3 Å². The topological polar surface area (TPSA) is 29.5 Å². The molecule has 0 radical (unpaired) electrons. The molecule has 0 atom stereocenters. The van der Waals surface area contributed by atoms with Gasteiger partial charge in [0, 0.05) is 5.56 Å². The lowest BCUT2D eigenvalue weighted by Gasteiger charge is -2.15. The van der Waals surface area contributed by atoms with Crippen LogP contribution in [0.1, 0.15) is 18.1 Å². The van der Waals surface area contributed by atoms with E-state index < -0.39 is 12.5 Å². The van der Waals surface area contributed by atoms with Gasteiger partial charge in [0.25, 0.3) is 5.92 Å². The molecule has 84 valence electrons. The van der Waals surface area contributed by atoms with Crippen LogP contribution in [0, 0.1) is 6.92 Å². The summed E-state index contributed by atoms with van der Waals surface area (Å²) < 4.78 is 31.4. The molecule has 15 heavy (non-hydrogen) atoms. The summed E-state index contributed by atoms with van der Waals surface area (Å²) in [4.78, 5) is 0. The summed E-state index contributed by atoms with van der Waals surface area (Å²) in [5, 5.41) is 8.53. The zero-order valence-corrected chi connectivity index (χ0v) is 8.76. The van der Waals surface area contributed by atoms with Crippen LogP contribution in [0.3, 0.4) is 0 Å². The fourth-order valence-corrected chi connectivity index (χ4v) is 1.29. The maximum atomic E-state index is 13.1. The Morgan fingerprint density at radius 1 is 1.40 bits per heavy atom. The lowest BCUT2D eigenvalue weighted by Crippen LogP contribution is -2.18. The molecule has 0 fully saturated rings. The van der Waals surface area contributed by atoms with E-state index in [-0.39, 0.29) is 5.56 Å². The molecular weight excluding hydrogens is 202 g/mol. The second-order valence-corrected chi connectivity index (χ2v) is 3.28. The number of hydrogen-bond donors (Lipinski definition) is 1. The molecule has 1 aromatic rings. The van der Waals surface area contributed by atoms with Crippen LogP contribution in [-0.4, -0.2) is 18.3 Å². The van der Waals surface area contributed by atoms with Crippen LogP contribution in [0.25, 0.3) is 0 Å². The third-order valence-corrected chi connectivity index (χ3v) is 2.10. The number of aliphatic hydroxyl groups is 1. The lowest BCUT2D eigenvalue weighted by molar-refractivity contribution is -0.0556. The minimum absolute atomic E-state index is 0.189. The summed E-state index contributed by atoms with van der Waals surface area (Å²) in [6.07, 6.45) is 0. The van der Waals surface area contributed by atoms with Crippen LogP contribution in [-0.2, 0) is 5.92 Å². The monoisotopic (exact) mass is 216 g/mol. The maximum Gasteiger partial charge on any atom is 0.295 e. The van der Waals surface area contributed by atoms with Gasteiger partial charge in [0.05, 0.1) is 6.61 Å². The van der Waals surface area contributed by atoms with Crippen molar-refractivity contribution in [2.45, 2.75) is 19.8 Å². The number of halogens is 2. The van der Waals surface area contributed by atoms with Crippen molar-refractivity contribution in [3.63, 3.8) is 0 Å². The molecule has 2 nitrogen and oxygen atoms in total. The minimum atomic E-state index is -3.19. The number of alkyl halides is 2. The molecule has 1 aromatic carbocycles. The van der Waals surface area contributed by atoms with Crippen LogP contribution in [0.4, 0.5) is 8.78 Å². The summed E-state index contributed by atoms with van der Waals surface area (Å²) >= 11 is 0. The molecule has 1 N–H and O–H groups in total. The van der Waals surface area contributed by atoms with Gasteiger partial charge in [-0.05, 0) is 37.6 Å². The van der Waals surface area contributed by atoms with Crippen LogP contribution < -0.4 is 4.74 Å². The number of benzene rings is 1. The van der Waals surface area contributed by atoms with Crippen molar-refractivity contribution in [2.75, 3.05) is 13.2 Å². The predicted octanol–water partition coefficient (Wildman–Crippen LogP) is 2.48. The highest BCUT2D eigenvalue weighted by Gasteiger charge is 2.30. The summed E-state index contributed by atoms with van der Waals surface area (Å²) in [7, 11) is 0. The molecule has 0 saturated carbocycles. The van der Waals surface area contributed by atoms with Crippen molar-refractivity contribution < 1.29 is 18.6 Å². The molecule has 1 rings (SSSR count). The van der Waals surface area contributed by atoms with Crippen molar-refractivity contribution >= 4 is 0 Å². The van der Waals surface area contributed by atoms with Crippen LogP contribution in [0.5, 0.6) is 5.75 Å². The van der Waals surface area contributed by atoms with E-state index in [0.29, 0.717) is 17.9 Å². The van der Waals surface area contributed by atoms with Gasteiger partial charge in [-0.3, -0.25) is 0 Å². The molecule has 0 unspecified atom stereocenters. The Hall–Kier alpha value is -1.16. The van der Waals surface area contributed by atoms with E-state index in [1.807, 2.05) is 6.92 Å². The zero-order valence-electron chi connectivity index (χ0n) is 8.76. The van der Waals surface area contributed by atoms with Crippen molar-refractivity contribution in [2.24, 2.45) is 0 Å². The molecule has 0 aromatic heterocycles. The van der Waals surface area contributed by atoms with Gasteiger partial charge in [0.2, 0.25) is 0 Å². The van der Waals surface area contributed by atoms with Crippen molar-refractivity contribution in [1.82, 2.24) is 0 Å². The first kappa shape index (κ1) is 11.9. The first-order valence-corrected chi connectivity index (χ1v) is 4.74. The van der Waals surface area contributed by atoms with Gasteiger partial charge in [-0.2, -0.15) is 8.78 Å². The Morgan fingerprint density at radius 3 is 2.53 bits per heavy atom. The molecule has 0 heterocycles. The normalized spacial score (nSPS) is 11.5. The van der Waals surface area contributed by atoms with E-state index in [9.17, 15) is 8.78 Å². The van der Waals surface area contributed by atoms with Gasteiger partial charge in [-0.15, -0.1) is 0 Å². The van der Waals surface area contributed by atoms with Gasteiger partial charge >= 0.3 is 0 Å². The van der Waals surface area contributed by atoms with Gasteiger partial charge in [0.1, 0.15) is 12.4 Å². The first-order valence-electron chi connectivity index (χ1n) is 4.74. The number of rotatable bonds is 4. The molecule has 0 aliphatic rings. The average molecular weight is 216 g/mol. The Morgan fingerprint density at radius 2 is 2.07 bits per heavy atom. The van der Waals surface area contributed by atoms with Gasteiger partial charge in [0.15, 0.2) is 0 Å². The lowest BCUT2D eigenvalue weighted by atomic mass is 10.1. The summed E-state index contributed by atoms with van der Waals surface area (Å²) in [6.45, 7) is 2.84. The predicted molar refractivity (Wildman–Crippen MR) is 53.3 cm³/mol. The molecule has 0 aliphatic heterocycles.